The van der Waals surface area contributed by atoms with Gasteiger partial charge in [0.25, 0.3) is 0 Å². The predicted molar refractivity (Wildman–Crippen MR) is 58.9 cm³/mol. The Labute approximate surface area is 92.2 Å². The van der Waals surface area contributed by atoms with Crippen LogP contribution in [0.25, 0.3) is 0 Å². The summed E-state index contributed by atoms with van der Waals surface area (Å²) in [7, 11) is 0. The van der Waals surface area contributed by atoms with Gasteiger partial charge in [-0.3, -0.25) is 0 Å². The van der Waals surface area contributed by atoms with Crippen LogP contribution < -0.4 is 0 Å². The minimum absolute atomic E-state index is 0.0588. The largest absolute Gasteiger partial charge is 0.394 e. The Morgan fingerprint density at radius 2 is 1.73 bits per heavy atom. The minimum atomic E-state index is -0.376. The molecule has 92 valence electrons. The zero-order valence-electron chi connectivity index (χ0n) is 9.82. The van der Waals surface area contributed by atoms with Crippen molar-refractivity contribution in [2.45, 2.75) is 45.3 Å². The summed E-state index contributed by atoms with van der Waals surface area (Å²) in [5, 5.41) is 17.6. The second-order valence-corrected chi connectivity index (χ2v) is 3.85. The van der Waals surface area contributed by atoms with Gasteiger partial charge in [0.15, 0.2) is 0 Å². The minimum Gasteiger partial charge on any atom is -0.394 e. The van der Waals surface area contributed by atoms with Gasteiger partial charge in [-0.1, -0.05) is 0 Å². The molecule has 0 aromatic rings. The fraction of sp³-hybridized carbons (Fsp3) is 1.00. The van der Waals surface area contributed by atoms with Gasteiger partial charge in [0, 0.05) is 13.2 Å². The van der Waals surface area contributed by atoms with Crippen LogP contribution >= 0.6 is 0 Å². The van der Waals surface area contributed by atoms with E-state index in [1.165, 1.54) is 0 Å². The third-order valence-corrected chi connectivity index (χ3v) is 1.95. The van der Waals surface area contributed by atoms with Gasteiger partial charge in [0.05, 0.1) is 25.4 Å². The molecule has 0 aliphatic carbocycles. The van der Waals surface area contributed by atoms with Crippen molar-refractivity contribution in [3.63, 3.8) is 0 Å². The van der Waals surface area contributed by atoms with Crippen molar-refractivity contribution in [3.8, 4) is 0 Å². The van der Waals surface area contributed by atoms with Crippen LogP contribution in [0.5, 0.6) is 0 Å². The number of unbranched alkanes of at least 4 members (excludes halogenated alkanes) is 2. The Morgan fingerprint density at radius 3 is 2.33 bits per heavy atom. The van der Waals surface area contributed by atoms with E-state index in [9.17, 15) is 0 Å². The maximum absolute atomic E-state index is 8.91. The van der Waals surface area contributed by atoms with Crippen LogP contribution in [-0.2, 0) is 9.47 Å². The highest BCUT2D eigenvalue weighted by Gasteiger charge is 1.99. The Kier molecular flexibility index (Phi) is 10.3. The Hall–Kier alpha value is -0.160. The summed E-state index contributed by atoms with van der Waals surface area (Å²) in [4.78, 5) is 0. The van der Waals surface area contributed by atoms with Crippen LogP contribution in [0, 0.1) is 0 Å². The fourth-order valence-corrected chi connectivity index (χ4v) is 1.07. The average molecular weight is 220 g/mol. The van der Waals surface area contributed by atoms with E-state index in [0.717, 1.165) is 19.3 Å². The third kappa shape index (κ3) is 11.8. The summed E-state index contributed by atoms with van der Waals surface area (Å²) in [5.41, 5.74) is 0. The standard InChI is InChI=1S/C11H24O4/c1-10(13)9-14-6-4-3-5-7-15-11(2)8-12/h10-13H,3-9H2,1-2H3. The van der Waals surface area contributed by atoms with Crippen LogP contribution in [0.3, 0.4) is 0 Å². The van der Waals surface area contributed by atoms with Gasteiger partial charge >= 0.3 is 0 Å². The summed E-state index contributed by atoms with van der Waals surface area (Å²) < 4.78 is 10.5. The second-order valence-electron chi connectivity index (χ2n) is 3.85. The van der Waals surface area contributed by atoms with E-state index in [-0.39, 0.29) is 18.8 Å². The van der Waals surface area contributed by atoms with Crippen LogP contribution in [0.1, 0.15) is 33.1 Å². The quantitative estimate of drug-likeness (QED) is 0.538. The van der Waals surface area contributed by atoms with Crippen molar-refractivity contribution in [3.05, 3.63) is 0 Å². The van der Waals surface area contributed by atoms with Gasteiger partial charge < -0.3 is 19.7 Å². The molecule has 0 bridgehead atoms. The molecule has 0 fully saturated rings. The van der Waals surface area contributed by atoms with Gasteiger partial charge in [-0.2, -0.15) is 0 Å². The molecule has 4 nitrogen and oxygen atoms in total. The first-order valence-corrected chi connectivity index (χ1v) is 5.65. The molecule has 0 saturated heterocycles. The fourth-order valence-electron chi connectivity index (χ4n) is 1.07. The number of aliphatic hydroxyl groups is 2. The number of aliphatic hydroxyl groups excluding tert-OH is 2. The Morgan fingerprint density at radius 1 is 1.07 bits per heavy atom. The van der Waals surface area contributed by atoms with Gasteiger partial charge in [0.1, 0.15) is 0 Å². The molecule has 0 rings (SSSR count). The van der Waals surface area contributed by atoms with Crippen molar-refractivity contribution >= 4 is 0 Å². The summed E-state index contributed by atoms with van der Waals surface area (Å²) >= 11 is 0. The lowest BCUT2D eigenvalue weighted by Crippen LogP contribution is -2.14. The van der Waals surface area contributed by atoms with Crippen LogP contribution in [0.2, 0.25) is 0 Å². The SMILES string of the molecule is CC(O)COCCCCCOC(C)CO. The van der Waals surface area contributed by atoms with E-state index in [2.05, 4.69) is 0 Å². The molecule has 0 saturated carbocycles. The number of rotatable bonds is 10. The summed E-state index contributed by atoms with van der Waals surface area (Å²) in [5.74, 6) is 0. The summed E-state index contributed by atoms with van der Waals surface area (Å²) in [6.07, 6.45) is 2.60. The average Bonchev–Trinajstić information content (AvgIpc) is 2.21. The van der Waals surface area contributed by atoms with E-state index in [1.807, 2.05) is 6.92 Å². The molecule has 0 aromatic heterocycles. The highest BCUT2D eigenvalue weighted by atomic mass is 16.5. The van der Waals surface area contributed by atoms with E-state index in [0.29, 0.717) is 19.8 Å². The van der Waals surface area contributed by atoms with Crippen molar-refractivity contribution in [2.24, 2.45) is 0 Å². The topological polar surface area (TPSA) is 58.9 Å². The molecule has 0 spiro atoms. The summed E-state index contributed by atoms with van der Waals surface area (Å²) in [6.45, 7) is 5.45. The van der Waals surface area contributed by atoms with Crippen molar-refractivity contribution < 1.29 is 19.7 Å². The Balaban J connectivity index is 2.99. The highest BCUT2D eigenvalue weighted by molar-refractivity contribution is 4.47. The summed E-state index contributed by atoms with van der Waals surface area (Å²) in [6, 6.07) is 0. The molecule has 2 atom stereocenters. The molecule has 2 unspecified atom stereocenters. The highest BCUT2D eigenvalue weighted by Crippen LogP contribution is 1.99. The van der Waals surface area contributed by atoms with Crippen LogP contribution in [-0.4, -0.2) is 48.8 Å². The first-order valence-electron chi connectivity index (χ1n) is 5.65. The molecule has 0 aliphatic rings. The van der Waals surface area contributed by atoms with Gasteiger partial charge in [-0.25, -0.2) is 0 Å². The van der Waals surface area contributed by atoms with E-state index < -0.39 is 0 Å². The first-order chi connectivity index (χ1) is 7.16. The first kappa shape index (κ1) is 14.8. The Bertz CT molecular complexity index is 128. The number of ether oxygens (including phenoxy) is 2. The molecule has 0 radical (unpaired) electrons. The lowest BCUT2D eigenvalue weighted by molar-refractivity contribution is 0.0203. The lowest BCUT2D eigenvalue weighted by Gasteiger charge is -2.09. The molecular weight excluding hydrogens is 196 g/mol. The normalized spacial score (nSPS) is 15.2. The van der Waals surface area contributed by atoms with Crippen molar-refractivity contribution in [2.75, 3.05) is 26.4 Å². The molecule has 0 heterocycles. The molecule has 0 aliphatic heterocycles. The second kappa shape index (κ2) is 10.4. The molecule has 15 heavy (non-hydrogen) atoms. The van der Waals surface area contributed by atoms with Crippen LogP contribution in [0.4, 0.5) is 0 Å². The van der Waals surface area contributed by atoms with Gasteiger partial charge in [-0.05, 0) is 33.1 Å². The van der Waals surface area contributed by atoms with Crippen LogP contribution in [0.15, 0.2) is 0 Å². The maximum Gasteiger partial charge on any atom is 0.0777 e. The van der Waals surface area contributed by atoms with E-state index in [4.69, 9.17) is 19.7 Å². The number of hydrogen-bond donors (Lipinski definition) is 2. The molecular formula is C11H24O4. The lowest BCUT2D eigenvalue weighted by atomic mass is 10.2. The molecule has 0 amide bonds. The molecule has 4 heteroatoms. The third-order valence-electron chi connectivity index (χ3n) is 1.95. The monoisotopic (exact) mass is 220 g/mol. The smallest absolute Gasteiger partial charge is 0.0777 e. The van der Waals surface area contributed by atoms with E-state index >= 15 is 0 Å². The van der Waals surface area contributed by atoms with Crippen molar-refractivity contribution in [1.29, 1.82) is 0 Å². The number of hydrogen-bond acceptors (Lipinski definition) is 4. The van der Waals surface area contributed by atoms with Gasteiger partial charge in [0.2, 0.25) is 0 Å². The zero-order valence-corrected chi connectivity index (χ0v) is 9.82. The molecule has 0 aromatic carbocycles. The zero-order chi connectivity index (χ0) is 11.5. The maximum atomic E-state index is 8.91. The predicted octanol–water partition coefficient (Wildman–Crippen LogP) is 0.951. The van der Waals surface area contributed by atoms with Crippen molar-refractivity contribution in [1.82, 2.24) is 0 Å². The van der Waals surface area contributed by atoms with Gasteiger partial charge in [-0.15, -0.1) is 0 Å². The molecule has 2 N–H and O–H groups in total. The van der Waals surface area contributed by atoms with E-state index in [1.54, 1.807) is 6.92 Å².